The molecule has 1 aromatic heterocycles. The molecule has 1 heterocycles. The number of aliphatic hydroxyl groups excluding tert-OH is 1. The molecule has 1 rings (SSSR count). The Hall–Kier alpha value is -0.980. The fraction of sp³-hybridized carbons (Fsp3) is 0.600. The number of rotatable bonds is 6. The molecule has 1 atom stereocenters. The third-order valence-electron chi connectivity index (χ3n) is 1.90. The van der Waals surface area contributed by atoms with Crippen LogP contribution in [0.1, 0.15) is 10.7 Å². The van der Waals surface area contributed by atoms with Crippen molar-refractivity contribution in [1.82, 2.24) is 10.3 Å². The maximum absolute atomic E-state index is 11.4. The molecule has 0 saturated carbocycles. The second-order valence-corrected chi connectivity index (χ2v) is 4.51. The summed E-state index contributed by atoms with van der Waals surface area (Å²) in [6, 6.07) is 0. The summed E-state index contributed by atoms with van der Waals surface area (Å²) in [5.74, 6) is -0.138. The van der Waals surface area contributed by atoms with Gasteiger partial charge in [-0.25, -0.2) is 4.98 Å². The average Bonchev–Trinajstić information content (AvgIpc) is 2.61. The van der Waals surface area contributed by atoms with Crippen LogP contribution in [0.4, 0.5) is 0 Å². The number of nitrogens with zero attached hydrogens (tertiary/aromatic N) is 1. The van der Waals surface area contributed by atoms with Crippen LogP contribution in [0.25, 0.3) is 0 Å². The van der Waals surface area contributed by atoms with Crippen molar-refractivity contribution in [2.45, 2.75) is 19.4 Å². The second kappa shape index (κ2) is 6.57. The minimum absolute atomic E-state index is 0.138. The summed E-state index contributed by atoms with van der Waals surface area (Å²) in [7, 11) is 1.50. The van der Waals surface area contributed by atoms with E-state index in [0.29, 0.717) is 0 Å². The molecular weight excluding hydrogens is 228 g/mol. The van der Waals surface area contributed by atoms with Crippen LogP contribution >= 0.6 is 11.3 Å². The van der Waals surface area contributed by atoms with E-state index >= 15 is 0 Å². The van der Waals surface area contributed by atoms with E-state index in [4.69, 9.17) is 4.74 Å². The Bertz CT molecular complexity index is 341. The second-order valence-electron chi connectivity index (χ2n) is 3.45. The number of thiazole rings is 1. The number of methoxy groups -OCH3 is 1. The minimum atomic E-state index is -0.661. The van der Waals surface area contributed by atoms with Crippen molar-refractivity contribution in [3.05, 3.63) is 16.1 Å². The fourth-order valence-electron chi connectivity index (χ4n) is 1.20. The van der Waals surface area contributed by atoms with E-state index in [2.05, 4.69) is 10.3 Å². The van der Waals surface area contributed by atoms with Gasteiger partial charge in [-0.3, -0.25) is 4.79 Å². The first-order valence-electron chi connectivity index (χ1n) is 4.96. The van der Waals surface area contributed by atoms with Gasteiger partial charge in [-0.15, -0.1) is 11.3 Å². The van der Waals surface area contributed by atoms with E-state index in [9.17, 15) is 9.90 Å². The quantitative estimate of drug-likeness (QED) is 0.745. The van der Waals surface area contributed by atoms with Crippen LogP contribution in [0.2, 0.25) is 0 Å². The molecule has 1 aromatic rings. The molecule has 0 saturated heterocycles. The first-order chi connectivity index (χ1) is 7.61. The molecule has 0 radical (unpaired) electrons. The number of nitrogens with one attached hydrogen (secondary N) is 1. The van der Waals surface area contributed by atoms with Gasteiger partial charge in [0.2, 0.25) is 5.91 Å². The Labute approximate surface area is 98.5 Å². The SMILES string of the molecule is COCC(O)CNC(=O)Cc1csc(C)n1. The van der Waals surface area contributed by atoms with Crippen LogP contribution in [0.15, 0.2) is 5.38 Å². The first-order valence-corrected chi connectivity index (χ1v) is 5.84. The zero-order chi connectivity index (χ0) is 12.0. The highest BCUT2D eigenvalue weighted by Crippen LogP contribution is 2.08. The number of hydrogen-bond donors (Lipinski definition) is 2. The van der Waals surface area contributed by atoms with Gasteiger partial charge >= 0.3 is 0 Å². The summed E-state index contributed by atoms with van der Waals surface area (Å²) in [4.78, 5) is 15.6. The summed E-state index contributed by atoms with van der Waals surface area (Å²) in [6.45, 7) is 2.32. The van der Waals surface area contributed by atoms with Crippen LogP contribution in [-0.2, 0) is 16.0 Å². The van der Waals surface area contributed by atoms with Crippen molar-refractivity contribution >= 4 is 17.2 Å². The highest BCUT2D eigenvalue weighted by Gasteiger charge is 2.08. The monoisotopic (exact) mass is 244 g/mol. The molecule has 1 amide bonds. The van der Waals surface area contributed by atoms with Crippen molar-refractivity contribution in [2.75, 3.05) is 20.3 Å². The van der Waals surface area contributed by atoms with E-state index in [1.165, 1.54) is 18.4 Å². The maximum atomic E-state index is 11.4. The number of aromatic nitrogens is 1. The lowest BCUT2D eigenvalue weighted by Gasteiger charge is -2.09. The Morgan fingerprint density at radius 1 is 1.75 bits per heavy atom. The Morgan fingerprint density at radius 2 is 2.50 bits per heavy atom. The lowest BCUT2D eigenvalue weighted by Crippen LogP contribution is -2.35. The molecule has 2 N–H and O–H groups in total. The number of hydrogen-bond acceptors (Lipinski definition) is 5. The highest BCUT2D eigenvalue weighted by molar-refractivity contribution is 7.09. The van der Waals surface area contributed by atoms with E-state index < -0.39 is 6.10 Å². The zero-order valence-electron chi connectivity index (χ0n) is 9.40. The molecule has 0 aliphatic rings. The number of carbonyl (C=O) groups excluding carboxylic acids is 1. The predicted octanol–water partition coefficient (Wildman–Crippen LogP) is 0.118. The molecule has 90 valence electrons. The van der Waals surface area contributed by atoms with Crippen molar-refractivity contribution in [3.63, 3.8) is 0 Å². The van der Waals surface area contributed by atoms with Gasteiger partial charge in [-0.05, 0) is 6.92 Å². The molecule has 0 fully saturated rings. The van der Waals surface area contributed by atoms with Gasteiger partial charge in [0.05, 0.1) is 29.8 Å². The van der Waals surface area contributed by atoms with Crippen molar-refractivity contribution in [2.24, 2.45) is 0 Å². The Kier molecular flexibility index (Phi) is 5.37. The number of ether oxygens (including phenoxy) is 1. The first kappa shape index (κ1) is 13.1. The van der Waals surface area contributed by atoms with Gasteiger partial charge in [0, 0.05) is 19.0 Å². The van der Waals surface area contributed by atoms with Gasteiger partial charge < -0.3 is 15.2 Å². The molecular formula is C10H16N2O3S. The molecule has 5 nitrogen and oxygen atoms in total. The zero-order valence-corrected chi connectivity index (χ0v) is 10.2. The predicted molar refractivity (Wildman–Crippen MR) is 61.4 cm³/mol. The highest BCUT2D eigenvalue weighted by atomic mass is 32.1. The summed E-state index contributed by atoms with van der Waals surface area (Å²) in [5.41, 5.74) is 0.765. The lowest BCUT2D eigenvalue weighted by molar-refractivity contribution is -0.121. The summed E-state index contributed by atoms with van der Waals surface area (Å²) >= 11 is 1.52. The van der Waals surface area contributed by atoms with Gasteiger partial charge in [0.15, 0.2) is 0 Å². The van der Waals surface area contributed by atoms with Crippen LogP contribution in [0.3, 0.4) is 0 Å². The average molecular weight is 244 g/mol. The van der Waals surface area contributed by atoms with Gasteiger partial charge in [-0.2, -0.15) is 0 Å². The third kappa shape index (κ3) is 4.69. The summed E-state index contributed by atoms with van der Waals surface area (Å²) < 4.78 is 4.75. The fourth-order valence-corrected chi connectivity index (χ4v) is 1.81. The molecule has 0 aromatic carbocycles. The van der Waals surface area contributed by atoms with E-state index in [-0.39, 0.29) is 25.5 Å². The smallest absolute Gasteiger partial charge is 0.226 e. The van der Waals surface area contributed by atoms with Crippen molar-refractivity contribution < 1.29 is 14.6 Å². The van der Waals surface area contributed by atoms with E-state index in [0.717, 1.165) is 10.7 Å². The Morgan fingerprint density at radius 3 is 3.06 bits per heavy atom. The van der Waals surface area contributed by atoms with Crippen LogP contribution < -0.4 is 5.32 Å². The van der Waals surface area contributed by atoms with Crippen LogP contribution in [0, 0.1) is 6.92 Å². The van der Waals surface area contributed by atoms with E-state index in [1.54, 1.807) is 0 Å². The molecule has 16 heavy (non-hydrogen) atoms. The number of carbonyl (C=O) groups is 1. The number of amides is 1. The molecule has 0 aliphatic heterocycles. The normalized spacial score (nSPS) is 12.4. The van der Waals surface area contributed by atoms with Gasteiger partial charge in [0.1, 0.15) is 0 Å². The largest absolute Gasteiger partial charge is 0.389 e. The Balaban J connectivity index is 2.26. The van der Waals surface area contributed by atoms with Crippen LogP contribution in [-0.4, -0.2) is 42.4 Å². The number of aliphatic hydroxyl groups is 1. The summed E-state index contributed by atoms with van der Waals surface area (Å²) in [5, 5.41) is 14.7. The topological polar surface area (TPSA) is 71.5 Å². The minimum Gasteiger partial charge on any atom is -0.389 e. The van der Waals surface area contributed by atoms with Gasteiger partial charge in [-0.1, -0.05) is 0 Å². The molecule has 0 bridgehead atoms. The molecule has 0 spiro atoms. The molecule has 0 aliphatic carbocycles. The van der Waals surface area contributed by atoms with Crippen LogP contribution in [0.5, 0.6) is 0 Å². The van der Waals surface area contributed by atoms with Crippen molar-refractivity contribution in [1.29, 1.82) is 0 Å². The third-order valence-corrected chi connectivity index (χ3v) is 2.72. The maximum Gasteiger partial charge on any atom is 0.226 e. The van der Waals surface area contributed by atoms with Crippen molar-refractivity contribution in [3.8, 4) is 0 Å². The van der Waals surface area contributed by atoms with E-state index in [1.807, 2.05) is 12.3 Å². The molecule has 1 unspecified atom stereocenters. The summed E-state index contributed by atoms with van der Waals surface area (Å²) in [6.07, 6.45) is -0.407. The number of aryl methyl sites for hydroxylation is 1. The lowest BCUT2D eigenvalue weighted by atomic mass is 10.3. The standard InChI is InChI=1S/C10H16N2O3S/c1-7-12-8(6-16-7)3-10(14)11-4-9(13)5-15-2/h6,9,13H,3-5H2,1-2H3,(H,11,14). The molecule has 6 heteroatoms. The van der Waals surface area contributed by atoms with Gasteiger partial charge in [0.25, 0.3) is 0 Å².